The van der Waals surface area contributed by atoms with Crippen molar-refractivity contribution < 1.29 is 9.90 Å². The number of hydrogen-bond donors (Lipinski definition) is 2. The Bertz CT molecular complexity index is 324. The van der Waals surface area contributed by atoms with Gasteiger partial charge in [-0.3, -0.25) is 4.79 Å². The molecule has 0 aromatic heterocycles. The Hall–Kier alpha value is -0.610. The number of amides is 1. The summed E-state index contributed by atoms with van der Waals surface area (Å²) in [5.41, 5.74) is 0.103. The van der Waals surface area contributed by atoms with Crippen molar-refractivity contribution in [2.45, 2.75) is 58.4 Å². The summed E-state index contributed by atoms with van der Waals surface area (Å²) in [6.07, 6.45) is 6.88. The number of aliphatic hydroxyl groups excluding tert-OH is 1. The van der Waals surface area contributed by atoms with Crippen LogP contribution in [0.5, 0.6) is 0 Å². The summed E-state index contributed by atoms with van der Waals surface area (Å²) in [5.74, 6) is 0.390. The van der Waals surface area contributed by atoms with Crippen LogP contribution >= 0.6 is 0 Å². The van der Waals surface area contributed by atoms with E-state index in [1.165, 1.54) is 12.8 Å². The van der Waals surface area contributed by atoms with E-state index >= 15 is 0 Å². The first-order valence-corrected chi connectivity index (χ1v) is 8.17. The lowest BCUT2D eigenvalue weighted by molar-refractivity contribution is -0.142. The Morgan fingerprint density at radius 3 is 2.70 bits per heavy atom. The third-order valence-electron chi connectivity index (χ3n) is 5.09. The second-order valence-electron chi connectivity index (χ2n) is 7.09. The molecule has 4 nitrogen and oxygen atoms in total. The fraction of sp³-hybridized carbons (Fsp3) is 0.938. The van der Waals surface area contributed by atoms with Gasteiger partial charge in [-0.2, -0.15) is 0 Å². The zero-order valence-electron chi connectivity index (χ0n) is 13.0. The Morgan fingerprint density at radius 1 is 1.30 bits per heavy atom. The first-order valence-electron chi connectivity index (χ1n) is 8.17. The summed E-state index contributed by atoms with van der Waals surface area (Å²) in [7, 11) is 0. The van der Waals surface area contributed by atoms with Crippen molar-refractivity contribution in [1.29, 1.82) is 0 Å². The van der Waals surface area contributed by atoms with E-state index in [0.717, 1.165) is 38.8 Å². The van der Waals surface area contributed by atoms with Crippen molar-refractivity contribution >= 4 is 5.91 Å². The highest BCUT2D eigenvalue weighted by atomic mass is 16.3. The summed E-state index contributed by atoms with van der Waals surface area (Å²) in [4.78, 5) is 14.8. The van der Waals surface area contributed by atoms with Gasteiger partial charge in [0.25, 0.3) is 0 Å². The lowest BCUT2D eigenvalue weighted by Crippen LogP contribution is -2.48. The van der Waals surface area contributed by atoms with E-state index in [1.54, 1.807) is 0 Å². The molecule has 2 unspecified atom stereocenters. The van der Waals surface area contributed by atoms with Crippen LogP contribution in [-0.4, -0.2) is 48.2 Å². The van der Waals surface area contributed by atoms with E-state index in [0.29, 0.717) is 12.6 Å². The van der Waals surface area contributed by atoms with Crippen molar-refractivity contribution in [2.75, 3.05) is 26.2 Å². The molecule has 1 heterocycles. The van der Waals surface area contributed by atoms with E-state index in [-0.39, 0.29) is 23.8 Å². The molecule has 4 heteroatoms. The van der Waals surface area contributed by atoms with Gasteiger partial charge in [0.15, 0.2) is 0 Å². The fourth-order valence-corrected chi connectivity index (χ4v) is 3.76. The molecule has 2 fully saturated rings. The molecule has 116 valence electrons. The van der Waals surface area contributed by atoms with Crippen LogP contribution in [0.25, 0.3) is 0 Å². The molecule has 20 heavy (non-hydrogen) atoms. The molecule has 1 amide bonds. The van der Waals surface area contributed by atoms with Crippen LogP contribution < -0.4 is 5.32 Å². The Kier molecular flexibility index (Phi) is 5.44. The Balaban J connectivity index is 2.01. The van der Waals surface area contributed by atoms with Gasteiger partial charge in [0.2, 0.25) is 5.91 Å². The largest absolute Gasteiger partial charge is 0.395 e. The number of nitrogens with zero attached hydrogens (tertiary/aromatic N) is 1. The summed E-state index contributed by atoms with van der Waals surface area (Å²) in [6, 6.07) is 0.414. The van der Waals surface area contributed by atoms with Gasteiger partial charge >= 0.3 is 0 Å². The van der Waals surface area contributed by atoms with Crippen LogP contribution in [0.2, 0.25) is 0 Å². The normalized spacial score (nSPS) is 29.4. The van der Waals surface area contributed by atoms with Gasteiger partial charge in [0.1, 0.15) is 0 Å². The first-order chi connectivity index (χ1) is 9.54. The van der Waals surface area contributed by atoms with E-state index in [1.807, 2.05) is 4.90 Å². The molecule has 1 aliphatic heterocycles. The molecule has 1 aliphatic carbocycles. The molecule has 0 aromatic carbocycles. The standard InChI is InChI=1S/C16H30N2O2/c1-16(2)8-4-3-7-14(16)15(20)18(10-11-19)12-13-6-5-9-17-13/h13-14,17,19H,3-12H2,1-2H3. The lowest BCUT2D eigenvalue weighted by Gasteiger charge is -2.40. The van der Waals surface area contributed by atoms with Crippen LogP contribution in [0.3, 0.4) is 0 Å². The van der Waals surface area contributed by atoms with Crippen LogP contribution in [-0.2, 0) is 4.79 Å². The highest BCUT2D eigenvalue weighted by molar-refractivity contribution is 5.79. The average molecular weight is 282 g/mol. The first kappa shape index (κ1) is 15.8. The zero-order chi connectivity index (χ0) is 14.6. The highest BCUT2D eigenvalue weighted by Crippen LogP contribution is 2.41. The summed E-state index contributed by atoms with van der Waals surface area (Å²) in [6.45, 7) is 6.79. The summed E-state index contributed by atoms with van der Waals surface area (Å²) >= 11 is 0. The predicted octanol–water partition coefficient (Wildman–Crippen LogP) is 1.78. The molecule has 1 saturated carbocycles. The maximum Gasteiger partial charge on any atom is 0.226 e. The van der Waals surface area contributed by atoms with Crippen LogP contribution in [0.1, 0.15) is 52.4 Å². The third-order valence-corrected chi connectivity index (χ3v) is 5.09. The van der Waals surface area contributed by atoms with Crippen molar-refractivity contribution in [3.8, 4) is 0 Å². The lowest BCUT2D eigenvalue weighted by atomic mass is 9.68. The number of aliphatic hydroxyl groups is 1. The molecule has 2 N–H and O–H groups in total. The molecule has 2 rings (SSSR count). The molecule has 2 atom stereocenters. The van der Waals surface area contributed by atoms with E-state index in [9.17, 15) is 9.90 Å². The van der Waals surface area contributed by atoms with Gasteiger partial charge in [0, 0.05) is 25.0 Å². The average Bonchev–Trinajstić information content (AvgIpc) is 2.90. The number of rotatable bonds is 5. The molecule has 2 aliphatic rings. The second kappa shape index (κ2) is 6.90. The van der Waals surface area contributed by atoms with E-state index < -0.39 is 0 Å². The predicted molar refractivity (Wildman–Crippen MR) is 80.4 cm³/mol. The maximum absolute atomic E-state index is 12.9. The number of hydrogen-bond acceptors (Lipinski definition) is 3. The number of carbonyl (C=O) groups is 1. The van der Waals surface area contributed by atoms with Crippen molar-refractivity contribution in [3.05, 3.63) is 0 Å². The topological polar surface area (TPSA) is 52.6 Å². The third kappa shape index (κ3) is 3.73. The highest BCUT2D eigenvalue weighted by Gasteiger charge is 2.39. The summed E-state index contributed by atoms with van der Waals surface area (Å²) < 4.78 is 0. The minimum Gasteiger partial charge on any atom is -0.395 e. The fourth-order valence-electron chi connectivity index (χ4n) is 3.76. The Labute approximate surface area is 122 Å². The van der Waals surface area contributed by atoms with Gasteiger partial charge in [0.05, 0.1) is 6.61 Å². The monoisotopic (exact) mass is 282 g/mol. The minimum atomic E-state index is 0.0611. The van der Waals surface area contributed by atoms with Crippen LogP contribution in [0.4, 0.5) is 0 Å². The van der Waals surface area contributed by atoms with Crippen LogP contribution in [0, 0.1) is 11.3 Å². The smallest absolute Gasteiger partial charge is 0.226 e. The van der Waals surface area contributed by atoms with Gasteiger partial charge in [-0.15, -0.1) is 0 Å². The zero-order valence-corrected chi connectivity index (χ0v) is 13.0. The number of nitrogens with one attached hydrogen (secondary N) is 1. The van der Waals surface area contributed by atoms with E-state index in [2.05, 4.69) is 19.2 Å². The minimum absolute atomic E-state index is 0.0611. The molecule has 0 spiro atoms. The van der Waals surface area contributed by atoms with Gasteiger partial charge in [-0.05, 0) is 37.6 Å². The quantitative estimate of drug-likeness (QED) is 0.808. The maximum atomic E-state index is 12.9. The van der Waals surface area contributed by atoms with Gasteiger partial charge < -0.3 is 15.3 Å². The molecule has 1 saturated heterocycles. The molecule has 0 aromatic rings. The van der Waals surface area contributed by atoms with Crippen molar-refractivity contribution in [3.63, 3.8) is 0 Å². The van der Waals surface area contributed by atoms with E-state index in [4.69, 9.17) is 0 Å². The molecule has 0 bridgehead atoms. The summed E-state index contributed by atoms with van der Waals surface area (Å²) in [5, 5.41) is 12.7. The van der Waals surface area contributed by atoms with Gasteiger partial charge in [-0.25, -0.2) is 0 Å². The van der Waals surface area contributed by atoms with Crippen molar-refractivity contribution in [2.24, 2.45) is 11.3 Å². The second-order valence-corrected chi connectivity index (χ2v) is 7.09. The number of carbonyl (C=O) groups excluding carboxylic acids is 1. The van der Waals surface area contributed by atoms with Gasteiger partial charge in [-0.1, -0.05) is 26.7 Å². The molecule has 0 radical (unpaired) electrons. The Morgan fingerprint density at radius 2 is 2.10 bits per heavy atom. The SMILES string of the molecule is CC1(C)CCCCC1C(=O)N(CCO)CC1CCCN1. The molecular weight excluding hydrogens is 252 g/mol. The molecular formula is C16H30N2O2. The van der Waals surface area contributed by atoms with Crippen LogP contribution in [0.15, 0.2) is 0 Å². The van der Waals surface area contributed by atoms with Crippen molar-refractivity contribution in [1.82, 2.24) is 10.2 Å².